The zero-order valence-electron chi connectivity index (χ0n) is 22.3. The van der Waals surface area contributed by atoms with Gasteiger partial charge < -0.3 is 20.0 Å². The highest BCUT2D eigenvalue weighted by Gasteiger charge is 2.40. The minimum absolute atomic E-state index is 0.0958. The average Bonchev–Trinajstić information content (AvgIpc) is 3.32. The van der Waals surface area contributed by atoms with Crippen LogP contribution >= 0.6 is 11.6 Å². The van der Waals surface area contributed by atoms with Gasteiger partial charge in [-0.1, -0.05) is 35.9 Å². The van der Waals surface area contributed by atoms with Crippen LogP contribution < -0.4 is 10.2 Å². The first-order valence-electron chi connectivity index (χ1n) is 13.8. The van der Waals surface area contributed by atoms with Gasteiger partial charge in [-0.05, 0) is 69.2 Å². The number of benzene rings is 2. The highest BCUT2D eigenvalue weighted by molar-refractivity contribution is 6.31. The number of rotatable bonds is 6. The maximum Gasteiger partial charge on any atom is 0.416 e. The Bertz CT molecular complexity index is 1130. The number of likely N-dealkylation sites (tertiary alicyclic amines) is 2. The molecule has 212 valence electrons. The average molecular weight is 564 g/mol. The summed E-state index contributed by atoms with van der Waals surface area (Å²) in [6.45, 7) is 5.50. The normalized spacial score (nSPS) is 23.9. The summed E-state index contributed by atoms with van der Waals surface area (Å²) in [4.78, 5) is 22.3. The fourth-order valence-corrected chi connectivity index (χ4v) is 6.28. The summed E-state index contributed by atoms with van der Waals surface area (Å²) in [5.41, 5.74) is 0.898. The predicted octanol–water partition coefficient (Wildman–Crippen LogP) is 4.33. The number of nitrogens with zero attached hydrogens (tertiary/aromatic N) is 4. The van der Waals surface area contributed by atoms with Crippen LogP contribution in [0.5, 0.6) is 0 Å². The Kier molecular flexibility index (Phi) is 8.71. The molecule has 0 bridgehead atoms. The number of carbonyl (C=O) groups excluding carboxylic acids is 1. The van der Waals surface area contributed by atoms with Crippen LogP contribution in [0.3, 0.4) is 0 Å². The molecule has 3 fully saturated rings. The second kappa shape index (κ2) is 12.0. The van der Waals surface area contributed by atoms with E-state index in [2.05, 4.69) is 22.2 Å². The number of alkyl halides is 3. The van der Waals surface area contributed by atoms with Crippen molar-refractivity contribution in [2.24, 2.45) is 0 Å². The number of halogens is 4. The zero-order valence-corrected chi connectivity index (χ0v) is 23.1. The summed E-state index contributed by atoms with van der Waals surface area (Å²) in [7, 11) is 2.15. The number of anilines is 1. The lowest BCUT2D eigenvalue weighted by Gasteiger charge is -2.38. The molecule has 2 aromatic carbocycles. The molecule has 3 saturated heterocycles. The molecule has 0 unspecified atom stereocenters. The number of piperazine rings is 1. The first-order valence-corrected chi connectivity index (χ1v) is 14.2. The highest BCUT2D eigenvalue weighted by atomic mass is 35.5. The minimum atomic E-state index is -4.38. The molecule has 3 aliphatic rings. The smallest absolute Gasteiger partial charge is 0.368 e. The van der Waals surface area contributed by atoms with E-state index in [0.29, 0.717) is 49.5 Å². The molecule has 5 rings (SSSR count). The van der Waals surface area contributed by atoms with E-state index in [-0.39, 0.29) is 18.0 Å². The highest BCUT2D eigenvalue weighted by Crippen LogP contribution is 2.32. The Morgan fingerprint density at radius 1 is 0.974 bits per heavy atom. The van der Waals surface area contributed by atoms with Gasteiger partial charge in [-0.2, -0.15) is 13.2 Å². The van der Waals surface area contributed by atoms with Crippen molar-refractivity contribution in [2.75, 3.05) is 57.8 Å². The molecule has 39 heavy (non-hydrogen) atoms. The standard InChI is InChI=1S/C29H37ClF3N5O/c1-35-11-9-23(10-12-35)34-24-18-27(38(20-24)19-21-5-2-3-8-26(21)30)28(39)37-15-13-36(14-16-37)25-7-4-6-22(17-25)29(31,32)33/h2-8,17,23-24,27,34H,9-16,18-20H2,1H3/t24-,27+/m1/s1. The molecule has 2 aromatic rings. The van der Waals surface area contributed by atoms with Gasteiger partial charge in [-0.3, -0.25) is 9.69 Å². The van der Waals surface area contributed by atoms with E-state index in [9.17, 15) is 18.0 Å². The summed E-state index contributed by atoms with van der Waals surface area (Å²) in [6, 6.07) is 13.6. The van der Waals surface area contributed by atoms with Crippen LogP contribution in [0.4, 0.5) is 18.9 Å². The SMILES string of the molecule is CN1CCC(N[C@@H]2C[C@@H](C(=O)N3CCN(c4cccc(C(F)(F)F)c4)CC3)N(Cc3ccccc3Cl)C2)CC1. The summed E-state index contributed by atoms with van der Waals surface area (Å²) >= 11 is 6.48. The Hall–Kier alpha value is -2.33. The lowest BCUT2D eigenvalue weighted by molar-refractivity contribution is -0.137. The first-order chi connectivity index (χ1) is 18.7. The van der Waals surface area contributed by atoms with Crippen molar-refractivity contribution in [3.05, 3.63) is 64.7 Å². The topological polar surface area (TPSA) is 42.1 Å². The van der Waals surface area contributed by atoms with Crippen LogP contribution in [0.25, 0.3) is 0 Å². The third kappa shape index (κ3) is 6.88. The maximum absolute atomic E-state index is 13.8. The van der Waals surface area contributed by atoms with Gasteiger partial charge in [-0.15, -0.1) is 0 Å². The lowest BCUT2D eigenvalue weighted by atomic mass is 10.0. The van der Waals surface area contributed by atoms with E-state index in [4.69, 9.17) is 11.6 Å². The molecule has 10 heteroatoms. The molecule has 3 aliphatic heterocycles. The van der Waals surface area contributed by atoms with E-state index in [1.807, 2.05) is 34.1 Å². The number of piperidine rings is 1. The van der Waals surface area contributed by atoms with Crippen LogP contribution in [0.15, 0.2) is 48.5 Å². The van der Waals surface area contributed by atoms with Crippen LogP contribution in [0.2, 0.25) is 5.02 Å². The van der Waals surface area contributed by atoms with Crippen molar-refractivity contribution in [3.8, 4) is 0 Å². The van der Waals surface area contributed by atoms with Crippen LogP contribution in [-0.4, -0.2) is 91.6 Å². The van der Waals surface area contributed by atoms with E-state index in [0.717, 1.165) is 50.5 Å². The summed E-state index contributed by atoms with van der Waals surface area (Å²) < 4.78 is 39.6. The van der Waals surface area contributed by atoms with E-state index < -0.39 is 11.7 Å². The molecule has 3 heterocycles. The summed E-state index contributed by atoms with van der Waals surface area (Å²) in [6.07, 6.45) is -1.43. The monoisotopic (exact) mass is 563 g/mol. The molecular weight excluding hydrogens is 527 g/mol. The zero-order chi connectivity index (χ0) is 27.6. The molecule has 1 amide bonds. The van der Waals surface area contributed by atoms with Gasteiger partial charge >= 0.3 is 6.18 Å². The van der Waals surface area contributed by atoms with Gasteiger partial charge in [0.1, 0.15) is 0 Å². The van der Waals surface area contributed by atoms with E-state index in [1.54, 1.807) is 6.07 Å². The molecule has 2 atom stereocenters. The molecule has 0 spiro atoms. The minimum Gasteiger partial charge on any atom is -0.368 e. The van der Waals surface area contributed by atoms with Gasteiger partial charge in [-0.25, -0.2) is 0 Å². The van der Waals surface area contributed by atoms with E-state index in [1.165, 1.54) is 12.1 Å². The number of nitrogens with one attached hydrogen (secondary N) is 1. The second-order valence-corrected chi connectivity index (χ2v) is 11.5. The van der Waals surface area contributed by atoms with Crippen molar-refractivity contribution in [1.29, 1.82) is 0 Å². The molecule has 1 N–H and O–H groups in total. The third-order valence-corrected chi connectivity index (χ3v) is 8.71. The second-order valence-electron chi connectivity index (χ2n) is 11.1. The number of carbonyl (C=O) groups is 1. The molecule has 6 nitrogen and oxygen atoms in total. The van der Waals surface area contributed by atoms with Crippen molar-refractivity contribution in [3.63, 3.8) is 0 Å². The number of hydrogen-bond acceptors (Lipinski definition) is 5. The number of hydrogen-bond donors (Lipinski definition) is 1. The van der Waals surface area contributed by atoms with Crippen molar-refractivity contribution >= 4 is 23.2 Å². The first kappa shape index (κ1) is 28.2. The fourth-order valence-electron chi connectivity index (χ4n) is 6.08. The van der Waals surface area contributed by atoms with Gasteiger partial charge in [0.25, 0.3) is 0 Å². The van der Waals surface area contributed by atoms with Gasteiger partial charge in [0.2, 0.25) is 5.91 Å². The van der Waals surface area contributed by atoms with Crippen molar-refractivity contribution < 1.29 is 18.0 Å². The fraction of sp³-hybridized carbons (Fsp3) is 0.552. The van der Waals surface area contributed by atoms with Crippen LogP contribution in [-0.2, 0) is 17.5 Å². The Labute approximate surface area is 233 Å². The lowest BCUT2D eigenvalue weighted by Crippen LogP contribution is -2.53. The summed E-state index contributed by atoms with van der Waals surface area (Å²) in [5, 5.41) is 4.53. The molecule has 0 radical (unpaired) electrons. The van der Waals surface area contributed by atoms with Crippen molar-refractivity contribution in [1.82, 2.24) is 20.0 Å². The van der Waals surface area contributed by atoms with Gasteiger partial charge in [0, 0.05) is 62.1 Å². The third-order valence-electron chi connectivity index (χ3n) is 8.34. The molecule has 0 aromatic heterocycles. The molecule has 0 aliphatic carbocycles. The Morgan fingerprint density at radius 3 is 2.38 bits per heavy atom. The van der Waals surface area contributed by atoms with Crippen molar-refractivity contribution in [2.45, 2.75) is 50.1 Å². The molecular formula is C29H37ClF3N5O. The summed E-state index contributed by atoms with van der Waals surface area (Å²) in [5.74, 6) is 0.0958. The van der Waals surface area contributed by atoms with Crippen LogP contribution in [0.1, 0.15) is 30.4 Å². The Morgan fingerprint density at radius 2 is 1.69 bits per heavy atom. The maximum atomic E-state index is 13.8. The molecule has 0 saturated carbocycles. The van der Waals surface area contributed by atoms with Gasteiger partial charge in [0.15, 0.2) is 0 Å². The largest absolute Gasteiger partial charge is 0.416 e. The van der Waals surface area contributed by atoms with Gasteiger partial charge in [0.05, 0.1) is 11.6 Å². The van der Waals surface area contributed by atoms with Crippen LogP contribution in [0, 0.1) is 0 Å². The van der Waals surface area contributed by atoms with E-state index >= 15 is 0 Å². The Balaban J connectivity index is 1.24. The quantitative estimate of drug-likeness (QED) is 0.567. The predicted molar refractivity (Wildman–Crippen MR) is 148 cm³/mol. The number of amides is 1.